The molecule has 6 aromatic rings. The second-order valence-electron chi connectivity index (χ2n) is 9.87. The number of carbonyl (C=O) groups is 1. The number of nitrogens with one attached hydrogen (secondary N) is 3. The van der Waals surface area contributed by atoms with Crippen molar-refractivity contribution >= 4 is 49.6 Å². The normalized spacial score (nSPS) is 11.6. The highest BCUT2D eigenvalue weighted by atomic mass is 32.2. The zero-order valence-corrected chi connectivity index (χ0v) is 24.4. The maximum atomic E-state index is 14.5. The van der Waals surface area contributed by atoms with E-state index >= 15 is 0 Å². The number of amides is 1. The molecule has 44 heavy (non-hydrogen) atoms. The van der Waals surface area contributed by atoms with Crippen LogP contribution in [0.3, 0.4) is 0 Å². The summed E-state index contributed by atoms with van der Waals surface area (Å²) in [4.78, 5) is 25.6. The Balaban J connectivity index is 1.62. The molecule has 0 saturated heterocycles. The summed E-state index contributed by atoms with van der Waals surface area (Å²) in [6.07, 6.45) is 2.96. The Morgan fingerprint density at radius 1 is 1.09 bits per heavy atom. The molecule has 0 bridgehead atoms. The molecule has 3 aromatic heterocycles. The first-order chi connectivity index (χ1) is 21.1. The molecule has 3 N–H and O–H groups in total. The molecule has 0 radical (unpaired) electrons. The largest absolute Gasteiger partial charge is 0.455 e. The Morgan fingerprint density at radius 2 is 1.86 bits per heavy atom. The lowest BCUT2D eigenvalue weighted by Crippen LogP contribution is -2.18. The molecule has 222 valence electrons. The number of aromatic amines is 1. The van der Waals surface area contributed by atoms with E-state index in [-0.39, 0.29) is 34.0 Å². The van der Waals surface area contributed by atoms with E-state index in [1.54, 1.807) is 24.3 Å². The number of furan rings is 1. The van der Waals surface area contributed by atoms with Gasteiger partial charge < -0.3 is 14.7 Å². The standard InChI is InChI=1S/C32H25F2N5O4S/c1-4-23-30(26-14-19-22(34)7-6-8-24(19)37-26)38-27(16-36-23)20-13-21-28(15-25(20)39-44(41,42)5-2)43-31(29(21)32(40)35-3)17-9-11-18(33)12-10-17/h4,6-16,37,39H,1,5H2,2-3H3,(H,35,40). The van der Waals surface area contributed by atoms with Crippen LogP contribution in [0.2, 0.25) is 0 Å². The number of sulfonamides is 1. The molecule has 9 nitrogen and oxygen atoms in total. The zero-order chi connectivity index (χ0) is 31.2. The number of fused-ring (bicyclic) bond motifs is 2. The molecule has 3 aromatic carbocycles. The molecule has 0 fully saturated rings. The zero-order valence-electron chi connectivity index (χ0n) is 23.5. The summed E-state index contributed by atoms with van der Waals surface area (Å²) in [5.41, 5.74) is 3.31. The molecule has 3 heterocycles. The summed E-state index contributed by atoms with van der Waals surface area (Å²) in [5.74, 6) is -1.37. The lowest BCUT2D eigenvalue weighted by Gasteiger charge is -2.13. The topological polar surface area (TPSA) is 130 Å². The molecule has 0 saturated carbocycles. The van der Waals surface area contributed by atoms with E-state index in [1.165, 1.54) is 62.6 Å². The van der Waals surface area contributed by atoms with E-state index in [0.29, 0.717) is 44.5 Å². The van der Waals surface area contributed by atoms with Crippen LogP contribution in [0.25, 0.3) is 61.9 Å². The van der Waals surface area contributed by atoms with Gasteiger partial charge in [0.05, 0.1) is 40.3 Å². The third kappa shape index (κ3) is 5.09. The summed E-state index contributed by atoms with van der Waals surface area (Å²) in [6.45, 7) is 5.32. The Hall–Kier alpha value is -5.36. The van der Waals surface area contributed by atoms with Crippen molar-refractivity contribution in [2.75, 3.05) is 17.5 Å². The van der Waals surface area contributed by atoms with Gasteiger partial charge in [-0.1, -0.05) is 12.6 Å². The van der Waals surface area contributed by atoms with E-state index in [4.69, 9.17) is 9.40 Å². The van der Waals surface area contributed by atoms with E-state index in [1.807, 2.05) is 0 Å². The van der Waals surface area contributed by atoms with Crippen molar-refractivity contribution in [1.29, 1.82) is 0 Å². The number of rotatable bonds is 8. The third-order valence-corrected chi connectivity index (χ3v) is 8.46. The number of carbonyl (C=O) groups excluding carboxylic acids is 1. The molecule has 0 aliphatic heterocycles. The van der Waals surface area contributed by atoms with Gasteiger partial charge in [-0.2, -0.15) is 0 Å². The van der Waals surface area contributed by atoms with Gasteiger partial charge in [-0.3, -0.25) is 14.5 Å². The first-order valence-electron chi connectivity index (χ1n) is 13.5. The van der Waals surface area contributed by atoms with Gasteiger partial charge in [0.15, 0.2) is 0 Å². The highest BCUT2D eigenvalue weighted by Gasteiger charge is 2.25. The smallest absolute Gasteiger partial charge is 0.255 e. The molecule has 12 heteroatoms. The van der Waals surface area contributed by atoms with Gasteiger partial charge in [0.2, 0.25) is 10.0 Å². The average Bonchev–Trinajstić information content (AvgIpc) is 3.63. The van der Waals surface area contributed by atoms with Crippen molar-refractivity contribution in [3.63, 3.8) is 0 Å². The molecule has 1 amide bonds. The number of hydrogen-bond donors (Lipinski definition) is 3. The minimum atomic E-state index is -3.77. The average molecular weight is 614 g/mol. The number of aromatic nitrogens is 3. The van der Waals surface area contributed by atoms with Gasteiger partial charge in [0, 0.05) is 40.5 Å². The summed E-state index contributed by atoms with van der Waals surface area (Å²) >= 11 is 0. The van der Waals surface area contributed by atoms with E-state index in [9.17, 15) is 22.0 Å². The third-order valence-electron chi connectivity index (χ3n) is 7.17. The number of H-pyrrole nitrogens is 1. The van der Waals surface area contributed by atoms with Crippen LogP contribution in [-0.4, -0.2) is 42.1 Å². The van der Waals surface area contributed by atoms with Crippen LogP contribution in [0.15, 0.2) is 77.9 Å². The Labute approximate surface area is 250 Å². The summed E-state index contributed by atoms with van der Waals surface area (Å²) in [6, 6.07) is 14.8. The molecule has 0 atom stereocenters. The molecule has 0 spiro atoms. The van der Waals surface area contributed by atoms with Crippen molar-refractivity contribution < 1.29 is 26.4 Å². The van der Waals surface area contributed by atoms with Crippen molar-refractivity contribution in [3.8, 4) is 34.0 Å². The number of benzene rings is 3. The minimum Gasteiger partial charge on any atom is -0.455 e. The van der Waals surface area contributed by atoms with Crippen molar-refractivity contribution in [2.24, 2.45) is 0 Å². The quantitative estimate of drug-likeness (QED) is 0.174. The van der Waals surface area contributed by atoms with Crippen molar-refractivity contribution in [3.05, 3.63) is 96.3 Å². The molecular weight excluding hydrogens is 588 g/mol. The number of nitrogens with zero attached hydrogens (tertiary/aromatic N) is 2. The van der Waals surface area contributed by atoms with E-state index in [0.717, 1.165) is 0 Å². The Bertz CT molecular complexity index is 2210. The fraction of sp³-hybridized carbons (Fsp3) is 0.0938. The van der Waals surface area contributed by atoms with Gasteiger partial charge in [-0.05, 0) is 61.5 Å². The molecule has 0 aliphatic carbocycles. The first-order valence-corrected chi connectivity index (χ1v) is 15.1. The van der Waals surface area contributed by atoms with Crippen LogP contribution in [-0.2, 0) is 10.0 Å². The minimum absolute atomic E-state index is 0.136. The predicted octanol–water partition coefficient (Wildman–Crippen LogP) is 6.75. The number of anilines is 1. The first kappa shape index (κ1) is 28.7. The lowest BCUT2D eigenvalue weighted by molar-refractivity contribution is 0.0964. The highest BCUT2D eigenvalue weighted by Crippen LogP contribution is 2.40. The monoisotopic (exact) mass is 613 g/mol. The maximum Gasteiger partial charge on any atom is 0.255 e. The molecular formula is C32H25F2N5O4S. The highest BCUT2D eigenvalue weighted by molar-refractivity contribution is 7.92. The second kappa shape index (κ2) is 11.0. The van der Waals surface area contributed by atoms with Crippen LogP contribution in [0, 0.1) is 11.6 Å². The van der Waals surface area contributed by atoms with Crippen molar-refractivity contribution in [1.82, 2.24) is 20.3 Å². The van der Waals surface area contributed by atoms with Crippen LogP contribution >= 0.6 is 0 Å². The molecule has 0 unspecified atom stereocenters. The fourth-order valence-corrected chi connectivity index (χ4v) is 5.60. The van der Waals surface area contributed by atoms with Crippen LogP contribution < -0.4 is 10.0 Å². The van der Waals surface area contributed by atoms with Crippen LogP contribution in [0.1, 0.15) is 23.0 Å². The fourth-order valence-electron chi connectivity index (χ4n) is 4.96. The summed E-state index contributed by atoms with van der Waals surface area (Å²) in [7, 11) is -2.31. The van der Waals surface area contributed by atoms with E-state index in [2.05, 4.69) is 26.6 Å². The van der Waals surface area contributed by atoms with Crippen LogP contribution in [0.4, 0.5) is 14.5 Å². The second-order valence-corrected chi connectivity index (χ2v) is 11.9. The van der Waals surface area contributed by atoms with Crippen molar-refractivity contribution in [2.45, 2.75) is 6.92 Å². The van der Waals surface area contributed by atoms with Crippen LogP contribution in [0.5, 0.6) is 0 Å². The maximum absolute atomic E-state index is 14.5. The Morgan fingerprint density at radius 3 is 2.55 bits per heavy atom. The molecule has 6 rings (SSSR count). The van der Waals surface area contributed by atoms with Gasteiger partial charge in [-0.15, -0.1) is 0 Å². The van der Waals surface area contributed by atoms with E-state index < -0.39 is 27.6 Å². The summed E-state index contributed by atoms with van der Waals surface area (Å²) < 4.78 is 62.4. The van der Waals surface area contributed by atoms with Gasteiger partial charge in [0.1, 0.15) is 28.7 Å². The number of hydrogen-bond acceptors (Lipinski definition) is 6. The summed E-state index contributed by atoms with van der Waals surface area (Å²) in [5, 5.41) is 3.34. The lowest BCUT2D eigenvalue weighted by atomic mass is 10.0. The van der Waals surface area contributed by atoms with Gasteiger partial charge in [-0.25, -0.2) is 22.2 Å². The predicted molar refractivity (Wildman–Crippen MR) is 166 cm³/mol. The SMILES string of the molecule is C=Cc1ncc(-c2cc3c(C(=O)NC)c(-c4ccc(F)cc4)oc3cc2NS(=O)(=O)CC)nc1-c1cc2c(F)cccc2[nH]1. The molecule has 0 aliphatic rings. The van der Waals surface area contributed by atoms with Gasteiger partial charge >= 0.3 is 0 Å². The van der Waals surface area contributed by atoms with Gasteiger partial charge in [0.25, 0.3) is 5.91 Å². The number of halogens is 2. The Kier molecular flexibility index (Phi) is 7.22.